The van der Waals surface area contributed by atoms with Gasteiger partial charge in [0.2, 0.25) is 0 Å². The average Bonchev–Trinajstić information content (AvgIpc) is 2.99. The van der Waals surface area contributed by atoms with Gasteiger partial charge in [0.1, 0.15) is 5.82 Å². The average molecular weight is 1270 g/mol. The van der Waals surface area contributed by atoms with Crippen molar-refractivity contribution < 1.29 is 29.9 Å². The Balaban J connectivity index is 0.00000768. The van der Waals surface area contributed by atoms with Crippen LogP contribution in [0.5, 0.6) is 11.5 Å². The molecule has 6 heteroatoms. The van der Waals surface area contributed by atoms with E-state index in [1.54, 1.807) is 12.3 Å². The number of anilines is 6. The summed E-state index contributed by atoms with van der Waals surface area (Å²) in [5.41, 5.74) is 20.0. The fourth-order valence-corrected chi connectivity index (χ4v) is 11.8. The molecule has 10 aromatic rings. The first-order chi connectivity index (χ1) is 40.5. The number of nitrogens with zero attached hydrogens (tertiary/aromatic N) is 3. The van der Waals surface area contributed by atoms with Gasteiger partial charge >= 0.3 is 0 Å². The van der Waals surface area contributed by atoms with Gasteiger partial charge in [-0.3, -0.25) is 0 Å². The van der Waals surface area contributed by atoms with Crippen molar-refractivity contribution in [3.8, 4) is 67.1 Å². The minimum atomic E-state index is -2.38. The molecule has 420 valence electrons. The maximum Gasteiger partial charge on any atom is 0.130 e. The molecule has 0 unspecified atom stereocenters. The first kappa shape index (κ1) is 53.1. The summed E-state index contributed by atoms with van der Waals surface area (Å²) in [4.78, 5) is 9.41. The number of rotatable bonds is 11. The van der Waals surface area contributed by atoms with Gasteiger partial charge in [-0.25, -0.2) is 4.98 Å². The summed E-state index contributed by atoms with van der Waals surface area (Å²) in [6, 6.07) is 77.0. The third-order valence-electron chi connectivity index (χ3n) is 16.8. The van der Waals surface area contributed by atoms with Crippen LogP contribution in [-0.4, -0.2) is 4.98 Å². The number of pyridine rings is 1. The Morgan fingerprint density at radius 3 is 1.86 bits per heavy atom. The first-order valence-corrected chi connectivity index (χ1v) is 28.7. The van der Waals surface area contributed by atoms with Crippen LogP contribution in [0.15, 0.2) is 206 Å². The van der Waals surface area contributed by atoms with Crippen molar-refractivity contribution in [2.75, 3.05) is 15.1 Å². The Labute approximate surface area is 512 Å². The van der Waals surface area contributed by atoms with Crippen LogP contribution < -0.4 is 19.9 Å². The minimum Gasteiger partial charge on any atom is -0.509 e. The van der Waals surface area contributed by atoms with Crippen LogP contribution in [0.1, 0.15) is 114 Å². The number of hydrogen-bond acceptors (Lipinski definition) is 5. The van der Waals surface area contributed by atoms with E-state index in [1.165, 1.54) is 27.8 Å². The van der Waals surface area contributed by atoms with E-state index in [0.29, 0.717) is 22.9 Å². The number of fused-ring (bicyclic) bond motifs is 2. The van der Waals surface area contributed by atoms with Crippen LogP contribution in [-0.2, 0) is 42.7 Å². The van der Waals surface area contributed by atoms with Crippen LogP contribution in [0, 0.1) is 25.7 Å². The standard InChI is InChI=1S/C77H73N4O.Pt/c1-51-42-72(78-49-66(51)55-34-38-67-68(46-55)77(10,11)41-40-76(67,8)9)79-69-39-35-58(74(2,3)4)47-65(69)54-32-36-61(37-33-54)82-62-27-20-26-60(48-62)80-50-81(71-31-19-18-30-70(71)80)73-63(53-24-16-13-17-25-53)28-21-29-64(73)57-43-56(52-22-14-12-15-23-52)44-59(45-57)75(5,6)7;/h12-36,38-39,42-47,49-50H,40-41H2,1-11H3,(H,78,79);/q-3;/i1D3;. The molecule has 0 saturated heterocycles. The van der Waals surface area contributed by atoms with E-state index in [1.807, 2.05) is 30.3 Å². The van der Waals surface area contributed by atoms with E-state index in [2.05, 4.69) is 267 Å². The van der Waals surface area contributed by atoms with Crippen molar-refractivity contribution in [2.45, 2.75) is 111 Å². The molecule has 83 heavy (non-hydrogen) atoms. The number of benzene rings is 9. The van der Waals surface area contributed by atoms with Gasteiger partial charge in [0, 0.05) is 82.3 Å². The van der Waals surface area contributed by atoms with Gasteiger partial charge < -0.3 is 19.9 Å². The van der Waals surface area contributed by atoms with Crippen molar-refractivity contribution in [1.29, 1.82) is 0 Å². The summed E-state index contributed by atoms with van der Waals surface area (Å²) in [5.74, 6) is 1.53. The summed E-state index contributed by atoms with van der Waals surface area (Å²) in [5, 5.41) is 3.54. The van der Waals surface area contributed by atoms with Crippen LogP contribution in [0.25, 0.3) is 55.6 Å². The van der Waals surface area contributed by atoms with E-state index < -0.39 is 6.85 Å². The monoisotopic (exact) mass is 1270 g/mol. The van der Waals surface area contributed by atoms with E-state index in [-0.39, 0.29) is 48.3 Å². The molecule has 1 N–H and O–H groups in total. The number of para-hydroxylation sites is 3. The molecule has 1 aromatic heterocycles. The van der Waals surface area contributed by atoms with Crippen LogP contribution >= 0.6 is 0 Å². The largest absolute Gasteiger partial charge is 0.509 e. The topological polar surface area (TPSA) is 40.6 Å². The molecular weight excluding hydrogens is 1190 g/mol. The summed E-state index contributed by atoms with van der Waals surface area (Å²) in [7, 11) is 0. The number of aromatic nitrogens is 1. The van der Waals surface area contributed by atoms with E-state index in [0.717, 1.165) is 85.8 Å². The van der Waals surface area contributed by atoms with E-state index in [4.69, 9.17) is 13.8 Å². The Morgan fingerprint density at radius 1 is 0.530 bits per heavy atom. The Morgan fingerprint density at radius 2 is 1.17 bits per heavy atom. The zero-order chi connectivity index (χ0) is 59.6. The molecule has 0 radical (unpaired) electrons. The SMILES string of the molecule is [2H]C([2H])([2H])c1cc(Nc2ccc(C(C)(C)C)cc2-c2c[c-]c(Oc3[c-]c(N4[CH-]N(c5c(-c6ccccc6)cccc5-c5cc(-c6ccccc6)cc(C(C)(C)C)c5)c5ccccc54)ccc3)cc2)ncc1-c1ccc2c(c1)C(C)(C)CCC2(C)C.[Pt]. The molecular formula is C77H73N4OPt-3. The van der Waals surface area contributed by atoms with Crippen LogP contribution in [0.2, 0.25) is 0 Å². The van der Waals surface area contributed by atoms with Crippen LogP contribution in [0.3, 0.4) is 0 Å². The molecule has 0 atom stereocenters. The fraction of sp³-hybridized carbons (Fsp3) is 0.221. The fourth-order valence-electron chi connectivity index (χ4n) is 11.8. The molecule has 0 spiro atoms. The zero-order valence-corrected chi connectivity index (χ0v) is 51.5. The number of aryl methyl sites for hydroxylation is 1. The van der Waals surface area contributed by atoms with Gasteiger partial charge in [-0.1, -0.05) is 208 Å². The van der Waals surface area contributed by atoms with E-state index in [9.17, 15) is 0 Å². The van der Waals surface area contributed by atoms with Crippen molar-refractivity contribution >= 4 is 34.3 Å². The summed E-state index contributed by atoms with van der Waals surface area (Å²) >= 11 is 0. The second kappa shape index (κ2) is 22.3. The summed E-state index contributed by atoms with van der Waals surface area (Å²) < 4.78 is 32.8. The van der Waals surface area contributed by atoms with Crippen molar-refractivity contribution in [1.82, 2.24) is 4.98 Å². The zero-order valence-electron chi connectivity index (χ0n) is 52.2. The van der Waals surface area contributed by atoms with Gasteiger partial charge in [0.25, 0.3) is 0 Å². The van der Waals surface area contributed by atoms with E-state index >= 15 is 0 Å². The molecule has 2 heterocycles. The Hall–Kier alpha value is -7.98. The molecule has 1 aliphatic carbocycles. The van der Waals surface area contributed by atoms with Gasteiger partial charge in [0.05, 0.1) is 0 Å². The molecule has 0 fully saturated rings. The Bertz CT molecular complexity index is 4120. The molecule has 2 aliphatic rings. The number of ether oxygens (including phenoxy) is 1. The second-order valence-electron chi connectivity index (χ2n) is 25.5. The van der Waals surface area contributed by atoms with Gasteiger partial charge in [-0.05, 0) is 127 Å². The molecule has 0 saturated carbocycles. The van der Waals surface area contributed by atoms with Crippen LogP contribution in [0.4, 0.5) is 34.3 Å². The molecule has 5 nitrogen and oxygen atoms in total. The first-order valence-electron chi connectivity index (χ1n) is 30.2. The Kier molecular flexibility index (Phi) is 14.3. The van der Waals surface area contributed by atoms with Crippen molar-refractivity contribution in [2.24, 2.45) is 0 Å². The maximum atomic E-state index is 8.74. The predicted octanol–water partition coefficient (Wildman–Crippen LogP) is 21.2. The number of nitrogens with one attached hydrogen (secondary N) is 1. The maximum absolute atomic E-state index is 8.74. The quantitative estimate of drug-likeness (QED) is 0.131. The molecule has 0 bridgehead atoms. The minimum absolute atomic E-state index is 0. The van der Waals surface area contributed by atoms with Gasteiger partial charge in [-0.15, -0.1) is 48.3 Å². The number of hydrogen-bond donors (Lipinski definition) is 1. The predicted molar refractivity (Wildman–Crippen MR) is 344 cm³/mol. The molecule has 1 aliphatic heterocycles. The third kappa shape index (κ3) is 11.5. The molecule has 12 rings (SSSR count). The third-order valence-corrected chi connectivity index (χ3v) is 16.8. The smallest absolute Gasteiger partial charge is 0.130 e. The molecule has 9 aromatic carbocycles. The second-order valence-corrected chi connectivity index (χ2v) is 25.5. The molecule has 0 amide bonds. The summed E-state index contributed by atoms with van der Waals surface area (Å²) in [6.45, 7) is 22.4. The van der Waals surface area contributed by atoms with Gasteiger partial charge in [0.15, 0.2) is 0 Å². The van der Waals surface area contributed by atoms with Crippen molar-refractivity contribution in [3.05, 3.63) is 253 Å². The van der Waals surface area contributed by atoms with Crippen molar-refractivity contribution in [3.63, 3.8) is 0 Å². The normalized spacial score (nSPS) is 15.0. The summed E-state index contributed by atoms with van der Waals surface area (Å²) in [6.07, 6.45) is 3.88. The van der Waals surface area contributed by atoms with Gasteiger partial charge in [-0.2, -0.15) is 18.2 Å².